The maximum absolute atomic E-state index is 11.0. The zero-order valence-electron chi connectivity index (χ0n) is 9.43. The van der Waals surface area contributed by atoms with E-state index in [1.165, 1.54) is 6.07 Å². The molecule has 1 rings (SSSR count). The van der Waals surface area contributed by atoms with Gasteiger partial charge < -0.3 is 15.5 Å². The van der Waals surface area contributed by atoms with Crippen molar-refractivity contribution in [3.63, 3.8) is 0 Å². The molecule has 16 heavy (non-hydrogen) atoms. The standard InChI is InChI=1S/C11H17NO3S/c1-8(7-16(2)15)12-6-9-4-3-5-10(13)11(9)14/h3-5,8,12-14H,6-7H2,1-2H3. The third kappa shape index (κ3) is 3.83. The molecule has 1 aromatic rings. The van der Waals surface area contributed by atoms with Gasteiger partial charge in [-0.2, -0.15) is 0 Å². The molecule has 2 atom stereocenters. The number of aromatic hydroxyl groups is 2. The average Bonchev–Trinajstić information content (AvgIpc) is 2.19. The van der Waals surface area contributed by atoms with E-state index in [1.807, 2.05) is 6.92 Å². The molecule has 90 valence electrons. The Morgan fingerprint density at radius 2 is 2.12 bits per heavy atom. The molecule has 0 aliphatic carbocycles. The van der Waals surface area contributed by atoms with Crippen LogP contribution in [0.15, 0.2) is 18.2 Å². The van der Waals surface area contributed by atoms with E-state index in [0.717, 1.165) is 0 Å². The monoisotopic (exact) mass is 243 g/mol. The molecule has 3 N–H and O–H groups in total. The highest BCUT2D eigenvalue weighted by molar-refractivity contribution is 7.84. The molecule has 0 fully saturated rings. The second kappa shape index (κ2) is 5.86. The maximum Gasteiger partial charge on any atom is 0.161 e. The van der Waals surface area contributed by atoms with Crippen LogP contribution in [0.1, 0.15) is 12.5 Å². The van der Waals surface area contributed by atoms with Crippen LogP contribution in [0.5, 0.6) is 11.5 Å². The molecule has 0 aliphatic rings. The van der Waals surface area contributed by atoms with Gasteiger partial charge in [0.05, 0.1) is 0 Å². The number of para-hydroxylation sites is 1. The topological polar surface area (TPSA) is 69.6 Å². The lowest BCUT2D eigenvalue weighted by Crippen LogP contribution is -2.30. The smallest absolute Gasteiger partial charge is 0.161 e. The highest BCUT2D eigenvalue weighted by Crippen LogP contribution is 2.27. The van der Waals surface area contributed by atoms with E-state index in [0.29, 0.717) is 17.9 Å². The van der Waals surface area contributed by atoms with Gasteiger partial charge in [-0.1, -0.05) is 12.1 Å². The zero-order chi connectivity index (χ0) is 12.1. The molecule has 0 aromatic heterocycles. The predicted molar refractivity (Wildman–Crippen MR) is 65.0 cm³/mol. The molecular weight excluding hydrogens is 226 g/mol. The Morgan fingerprint density at radius 1 is 1.44 bits per heavy atom. The van der Waals surface area contributed by atoms with Crippen molar-refractivity contribution in [1.29, 1.82) is 0 Å². The van der Waals surface area contributed by atoms with Crippen LogP contribution in [-0.2, 0) is 17.3 Å². The molecule has 0 heterocycles. The van der Waals surface area contributed by atoms with Crippen LogP contribution in [-0.4, -0.2) is 32.5 Å². The van der Waals surface area contributed by atoms with E-state index in [2.05, 4.69) is 5.32 Å². The van der Waals surface area contributed by atoms with E-state index in [9.17, 15) is 14.4 Å². The van der Waals surface area contributed by atoms with Crippen LogP contribution in [0, 0.1) is 0 Å². The molecule has 0 aliphatic heterocycles. The Kier molecular flexibility index (Phi) is 4.76. The van der Waals surface area contributed by atoms with Crippen molar-refractivity contribution in [3.05, 3.63) is 23.8 Å². The maximum atomic E-state index is 11.0. The summed E-state index contributed by atoms with van der Waals surface area (Å²) in [5, 5.41) is 22.0. The number of hydrogen-bond donors (Lipinski definition) is 3. The fraction of sp³-hybridized carbons (Fsp3) is 0.455. The zero-order valence-corrected chi connectivity index (χ0v) is 10.3. The third-order valence-corrected chi connectivity index (χ3v) is 3.19. The minimum absolute atomic E-state index is 0.0974. The van der Waals surface area contributed by atoms with E-state index in [4.69, 9.17) is 0 Å². The lowest BCUT2D eigenvalue weighted by atomic mass is 10.2. The first-order chi connectivity index (χ1) is 7.50. The largest absolute Gasteiger partial charge is 0.504 e. The Balaban J connectivity index is 2.54. The van der Waals surface area contributed by atoms with Gasteiger partial charge in [-0.15, -0.1) is 0 Å². The van der Waals surface area contributed by atoms with Gasteiger partial charge in [0.1, 0.15) is 0 Å². The average molecular weight is 243 g/mol. The van der Waals surface area contributed by atoms with Crippen LogP contribution in [0.2, 0.25) is 0 Å². The normalized spacial score (nSPS) is 14.6. The first-order valence-electron chi connectivity index (χ1n) is 5.04. The van der Waals surface area contributed by atoms with Crippen LogP contribution in [0.4, 0.5) is 0 Å². The van der Waals surface area contributed by atoms with Crippen molar-refractivity contribution in [2.75, 3.05) is 12.0 Å². The van der Waals surface area contributed by atoms with Crippen LogP contribution in [0.25, 0.3) is 0 Å². The number of hydrogen-bond acceptors (Lipinski definition) is 4. The fourth-order valence-electron chi connectivity index (χ4n) is 1.42. The molecule has 0 radical (unpaired) electrons. The summed E-state index contributed by atoms with van der Waals surface area (Å²) in [7, 11) is -0.838. The SMILES string of the molecule is CC(CS(C)=O)NCc1cccc(O)c1O. The van der Waals surface area contributed by atoms with Crippen molar-refractivity contribution < 1.29 is 14.4 Å². The Hall–Kier alpha value is -1.07. The summed E-state index contributed by atoms with van der Waals surface area (Å²) in [5.74, 6) is 0.352. The molecule has 0 spiro atoms. The van der Waals surface area contributed by atoms with E-state index < -0.39 is 10.8 Å². The summed E-state index contributed by atoms with van der Waals surface area (Å²) in [6.07, 6.45) is 1.66. The molecule has 4 nitrogen and oxygen atoms in total. The van der Waals surface area contributed by atoms with Crippen LogP contribution >= 0.6 is 0 Å². The second-order valence-corrected chi connectivity index (χ2v) is 5.29. The number of nitrogens with one attached hydrogen (secondary N) is 1. The summed E-state index contributed by atoms with van der Waals surface area (Å²) in [4.78, 5) is 0. The van der Waals surface area contributed by atoms with E-state index in [-0.39, 0.29) is 17.5 Å². The molecule has 2 unspecified atom stereocenters. The van der Waals surface area contributed by atoms with Crippen molar-refractivity contribution in [1.82, 2.24) is 5.32 Å². The van der Waals surface area contributed by atoms with Gasteiger partial charge in [-0.25, -0.2) is 0 Å². The molecular formula is C11H17NO3S. The number of phenols is 2. The Morgan fingerprint density at radius 3 is 2.75 bits per heavy atom. The summed E-state index contributed by atoms with van der Waals surface area (Å²) < 4.78 is 11.0. The van der Waals surface area contributed by atoms with Crippen molar-refractivity contribution in [2.45, 2.75) is 19.5 Å². The summed E-state index contributed by atoms with van der Waals surface area (Å²) in [5.41, 5.74) is 0.633. The van der Waals surface area contributed by atoms with Crippen molar-refractivity contribution in [2.24, 2.45) is 0 Å². The Bertz CT molecular complexity index is 381. The van der Waals surface area contributed by atoms with Gasteiger partial charge in [0, 0.05) is 41.0 Å². The fourth-order valence-corrected chi connectivity index (χ4v) is 2.24. The number of phenolic OH excluding ortho intramolecular Hbond substituents is 2. The van der Waals surface area contributed by atoms with Crippen LogP contribution in [0.3, 0.4) is 0 Å². The van der Waals surface area contributed by atoms with Gasteiger partial charge in [0.2, 0.25) is 0 Å². The second-order valence-electron chi connectivity index (χ2n) is 3.81. The Labute approximate surface area is 97.8 Å². The molecule has 0 amide bonds. The lowest BCUT2D eigenvalue weighted by molar-refractivity contribution is 0.397. The van der Waals surface area contributed by atoms with Gasteiger partial charge in [0.15, 0.2) is 11.5 Å². The van der Waals surface area contributed by atoms with Crippen molar-refractivity contribution >= 4 is 10.8 Å². The first-order valence-corrected chi connectivity index (χ1v) is 6.76. The summed E-state index contributed by atoms with van der Waals surface area (Å²) in [6.45, 7) is 2.37. The molecule has 1 aromatic carbocycles. The van der Waals surface area contributed by atoms with E-state index in [1.54, 1.807) is 18.4 Å². The molecule has 0 saturated carbocycles. The van der Waals surface area contributed by atoms with Gasteiger partial charge in [-0.3, -0.25) is 4.21 Å². The van der Waals surface area contributed by atoms with Gasteiger partial charge in [-0.05, 0) is 13.0 Å². The quantitative estimate of drug-likeness (QED) is 0.674. The highest BCUT2D eigenvalue weighted by Gasteiger charge is 2.08. The summed E-state index contributed by atoms with van der Waals surface area (Å²) in [6, 6.07) is 4.95. The van der Waals surface area contributed by atoms with E-state index >= 15 is 0 Å². The molecule has 5 heteroatoms. The predicted octanol–water partition coefficient (Wildman–Crippen LogP) is 0.954. The lowest BCUT2D eigenvalue weighted by Gasteiger charge is -2.13. The minimum Gasteiger partial charge on any atom is -0.504 e. The minimum atomic E-state index is -0.838. The first kappa shape index (κ1) is 13.0. The molecule has 0 bridgehead atoms. The highest BCUT2D eigenvalue weighted by atomic mass is 32.2. The summed E-state index contributed by atoms with van der Waals surface area (Å²) >= 11 is 0. The van der Waals surface area contributed by atoms with Crippen molar-refractivity contribution in [3.8, 4) is 11.5 Å². The molecule has 0 saturated heterocycles. The number of benzene rings is 1. The van der Waals surface area contributed by atoms with Gasteiger partial charge in [0.25, 0.3) is 0 Å². The van der Waals surface area contributed by atoms with Crippen LogP contribution < -0.4 is 5.32 Å². The third-order valence-electron chi connectivity index (χ3n) is 2.22. The number of rotatable bonds is 5. The van der Waals surface area contributed by atoms with Gasteiger partial charge >= 0.3 is 0 Å².